The van der Waals surface area contributed by atoms with Crippen LogP contribution in [0.4, 0.5) is 5.69 Å². The molecule has 0 spiro atoms. The zero-order valence-corrected chi connectivity index (χ0v) is 11.4. The van der Waals surface area contributed by atoms with Crippen molar-refractivity contribution in [3.8, 4) is 11.5 Å². The highest BCUT2D eigenvalue weighted by Gasteiger charge is 2.12. The number of nitrogens with zero attached hydrogens (tertiary/aromatic N) is 1. The van der Waals surface area contributed by atoms with Crippen LogP contribution in [0.25, 0.3) is 0 Å². The van der Waals surface area contributed by atoms with Gasteiger partial charge in [0.2, 0.25) is 0 Å². The van der Waals surface area contributed by atoms with Gasteiger partial charge in [0.25, 0.3) is 5.69 Å². The summed E-state index contributed by atoms with van der Waals surface area (Å²) in [6, 6.07) is 11.9. The average molecular weight is 272 g/mol. The number of nitro groups is 1. The molecular weight excluding hydrogens is 256 g/mol. The Morgan fingerprint density at radius 1 is 1.20 bits per heavy atom. The Kier molecular flexibility index (Phi) is 4.00. The number of non-ortho nitro benzene ring substituents is 1. The normalized spacial score (nSPS) is 11.9. The van der Waals surface area contributed by atoms with Crippen LogP contribution in [0.5, 0.6) is 11.5 Å². The van der Waals surface area contributed by atoms with Crippen LogP contribution in [0.3, 0.4) is 0 Å². The van der Waals surface area contributed by atoms with Gasteiger partial charge in [0.1, 0.15) is 11.5 Å². The molecule has 104 valence electrons. The van der Waals surface area contributed by atoms with Gasteiger partial charge in [-0.15, -0.1) is 0 Å². The molecule has 1 atom stereocenters. The predicted octanol–water partition coefficient (Wildman–Crippen LogP) is 3.72. The Hall–Kier alpha value is -2.40. The van der Waals surface area contributed by atoms with E-state index in [9.17, 15) is 10.1 Å². The van der Waals surface area contributed by atoms with E-state index in [0.717, 1.165) is 5.56 Å². The summed E-state index contributed by atoms with van der Waals surface area (Å²) < 4.78 is 5.83. The molecule has 5 nitrogen and oxygen atoms in total. The van der Waals surface area contributed by atoms with Gasteiger partial charge >= 0.3 is 0 Å². The largest absolute Gasteiger partial charge is 0.457 e. The molecule has 0 bridgehead atoms. The number of para-hydroxylation sites is 1. The highest BCUT2D eigenvalue weighted by atomic mass is 16.6. The van der Waals surface area contributed by atoms with Crippen molar-refractivity contribution in [1.82, 2.24) is 0 Å². The highest BCUT2D eigenvalue weighted by molar-refractivity contribution is 5.46. The fourth-order valence-electron chi connectivity index (χ4n) is 1.93. The van der Waals surface area contributed by atoms with E-state index in [1.54, 1.807) is 13.0 Å². The van der Waals surface area contributed by atoms with E-state index in [1.165, 1.54) is 12.1 Å². The second-order valence-corrected chi connectivity index (χ2v) is 4.64. The van der Waals surface area contributed by atoms with E-state index < -0.39 is 4.92 Å². The molecule has 2 N–H and O–H groups in total. The summed E-state index contributed by atoms with van der Waals surface area (Å²) >= 11 is 0. The molecule has 0 aliphatic rings. The number of nitro benzene ring substituents is 1. The summed E-state index contributed by atoms with van der Waals surface area (Å²) in [7, 11) is 0. The van der Waals surface area contributed by atoms with E-state index in [4.69, 9.17) is 10.5 Å². The van der Waals surface area contributed by atoms with Crippen molar-refractivity contribution in [2.75, 3.05) is 0 Å². The van der Waals surface area contributed by atoms with Crippen LogP contribution in [0, 0.1) is 17.0 Å². The van der Waals surface area contributed by atoms with E-state index in [2.05, 4.69) is 0 Å². The van der Waals surface area contributed by atoms with E-state index >= 15 is 0 Å². The summed E-state index contributed by atoms with van der Waals surface area (Å²) in [5, 5.41) is 10.7. The fraction of sp³-hybridized carbons (Fsp3) is 0.200. The summed E-state index contributed by atoms with van der Waals surface area (Å²) in [5.74, 6) is 1.25. The summed E-state index contributed by atoms with van der Waals surface area (Å²) in [6.45, 7) is 3.65. The molecule has 0 aromatic heterocycles. The Bertz CT molecular complexity index is 639. The smallest absolute Gasteiger partial charge is 0.269 e. The zero-order chi connectivity index (χ0) is 14.7. The van der Waals surface area contributed by atoms with Crippen LogP contribution >= 0.6 is 0 Å². The molecule has 0 aliphatic heterocycles. The lowest BCUT2D eigenvalue weighted by Gasteiger charge is -2.14. The van der Waals surface area contributed by atoms with Crippen molar-refractivity contribution in [3.05, 3.63) is 63.7 Å². The maximum absolute atomic E-state index is 10.7. The first-order valence-electron chi connectivity index (χ1n) is 6.26. The molecule has 20 heavy (non-hydrogen) atoms. The minimum absolute atomic E-state index is 0.0512. The number of aryl methyl sites for hydroxylation is 1. The van der Waals surface area contributed by atoms with Crippen molar-refractivity contribution >= 4 is 5.69 Å². The molecule has 0 radical (unpaired) electrons. The minimum Gasteiger partial charge on any atom is -0.457 e. The van der Waals surface area contributed by atoms with E-state index in [0.29, 0.717) is 17.1 Å². The molecule has 0 aliphatic carbocycles. The lowest BCUT2D eigenvalue weighted by molar-refractivity contribution is -0.384. The van der Waals surface area contributed by atoms with Gasteiger partial charge in [-0.3, -0.25) is 10.1 Å². The summed E-state index contributed by atoms with van der Waals surface area (Å²) in [6.07, 6.45) is 0. The van der Waals surface area contributed by atoms with E-state index in [-0.39, 0.29) is 11.7 Å². The SMILES string of the molecule is Cc1cc([N+](=O)[O-])ccc1Oc1ccccc1C(C)N. The number of hydrogen-bond donors (Lipinski definition) is 1. The van der Waals surface area contributed by atoms with Gasteiger partial charge in [-0.05, 0) is 31.5 Å². The molecule has 0 saturated heterocycles. The van der Waals surface area contributed by atoms with E-state index in [1.807, 2.05) is 31.2 Å². The number of benzene rings is 2. The molecule has 2 aromatic rings. The first-order valence-corrected chi connectivity index (χ1v) is 6.26. The number of ether oxygens (including phenoxy) is 1. The molecule has 5 heteroatoms. The van der Waals surface area contributed by atoms with Crippen LogP contribution in [0.1, 0.15) is 24.1 Å². The predicted molar refractivity (Wildman–Crippen MR) is 77.0 cm³/mol. The third-order valence-electron chi connectivity index (χ3n) is 3.00. The quantitative estimate of drug-likeness (QED) is 0.679. The molecule has 0 amide bonds. The van der Waals surface area contributed by atoms with Gasteiger partial charge in [-0.1, -0.05) is 18.2 Å². The first-order chi connectivity index (χ1) is 9.49. The molecule has 1 unspecified atom stereocenters. The standard InChI is InChI=1S/C15H16N2O3/c1-10-9-12(17(18)19)7-8-14(10)20-15-6-4-3-5-13(15)11(2)16/h3-9,11H,16H2,1-2H3. The summed E-state index contributed by atoms with van der Waals surface area (Å²) in [5.41, 5.74) is 7.55. The Balaban J connectivity index is 2.33. The second kappa shape index (κ2) is 5.71. The molecule has 0 saturated carbocycles. The molecule has 2 aromatic carbocycles. The van der Waals surface area contributed by atoms with Crippen molar-refractivity contribution in [2.45, 2.75) is 19.9 Å². The van der Waals surface area contributed by atoms with Crippen LogP contribution in [-0.4, -0.2) is 4.92 Å². The Morgan fingerprint density at radius 2 is 1.90 bits per heavy atom. The molecule has 0 heterocycles. The minimum atomic E-state index is -0.424. The fourth-order valence-corrected chi connectivity index (χ4v) is 1.93. The number of nitrogens with two attached hydrogens (primary N) is 1. The van der Waals surface area contributed by atoms with Crippen molar-refractivity contribution in [3.63, 3.8) is 0 Å². The lowest BCUT2D eigenvalue weighted by atomic mass is 10.1. The van der Waals surface area contributed by atoms with Crippen LogP contribution in [0.15, 0.2) is 42.5 Å². The highest BCUT2D eigenvalue weighted by Crippen LogP contribution is 2.31. The van der Waals surface area contributed by atoms with Gasteiger partial charge in [-0.25, -0.2) is 0 Å². The van der Waals surface area contributed by atoms with Gasteiger partial charge in [0, 0.05) is 23.7 Å². The molecule has 2 rings (SSSR count). The molecular formula is C15H16N2O3. The Morgan fingerprint density at radius 3 is 2.50 bits per heavy atom. The lowest BCUT2D eigenvalue weighted by Crippen LogP contribution is -2.06. The maximum Gasteiger partial charge on any atom is 0.269 e. The van der Waals surface area contributed by atoms with Crippen LogP contribution in [-0.2, 0) is 0 Å². The second-order valence-electron chi connectivity index (χ2n) is 4.64. The van der Waals surface area contributed by atoms with Gasteiger partial charge in [0.15, 0.2) is 0 Å². The average Bonchev–Trinajstić information content (AvgIpc) is 2.41. The molecule has 0 fully saturated rings. The third kappa shape index (κ3) is 2.95. The monoisotopic (exact) mass is 272 g/mol. The van der Waals surface area contributed by atoms with Crippen molar-refractivity contribution < 1.29 is 9.66 Å². The zero-order valence-electron chi connectivity index (χ0n) is 11.4. The van der Waals surface area contributed by atoms with Gasteiger partial charge < -0.3 is 10.5 Å². The maximum atomic E-state index is 10.7. The summed E-state index contributed by atoms with van der Waals surface area (Å²) in [4.78, 5) is 10.3. The number of hydrogen-bond acceptors (Lipinski definition) is 4. The third-order valence-corrected chi connectivity index (χ3v) is 3.00. The van der Waals surface area contributed by atoms with Gasteiger partial charge in [-0.2, -0.15) is 0 Å². The first kappa shape index (κ1) is 14.0. The topological polar surface area (TPSA) is 78.4 Å². The number of rotatable bonds is 4. The van der Waals surface area contributed by atoms with Crippen LogP contribution < -0.4 is 10.5 Å². The van der Waals surface area contributed by atoms with Gasteiger partial charge in [0.05, 0.1) is 4.92 Å². The van der Waals surface area contributed by atoms with Crippen LogP contribution in [0.2, 0.25) is 0 Å². The Labute approximate surface area is 117 Å². The van der Waals surface area contributed by atoms with Crippen molar-refractivity contribution in [2.24, 2.45) is 5.73 Å². The van der Waals surface area contributed by atoms with Crippen molar-refractivity contribution in [1.29, 1.82) is 0 Å².